The van der Waals surface area contributed by atoms with Crippen LogP contribution in [0.25, 0.3) is 0 Å². The number of nitrogens with one attached hydrogen (secondary N) is 1. The number of fused-ring (bicyclic) bond motifs is 1. The number of ether oxygens (including phenoxy) is 2. The van der Waals surface area contributed by atoms with Crippen molar-refractivity contribution >= 4 is 23.8 Å². The Labute approximate surface area is 184 Å². The summed E-state index contributed by atoms with van der Waals surface area (Å²) in [5.41, 5.74) is 1.40. The van der Waals surface area contributed by atoms with E-state index in [1.165, 1.54) is 0 Å². The molecule has 0 unspecified atom stereocenters. The third-order valence-electron chi connectivity index (χ3n) is 4.75. The maximum atomic E-state index is 12.6. The number of anilines is 1. The predicted molar refractivity (Wildman–Crippen MR) is 118 cm³/mol. The van der Waals surface area contributed by atoms with Crippen molar-refractivity contribution in [3.8, 4) is 0 Å². The van der Waals surface area contributed by atoms with Gasteiger partial charge in [0, 0.05) is 25.2 Å². The van der Waals surface area contributed by atoms with Crippen LogP contribution in [0.3, 0.4) is 0 Å². The average molecular weight is 434 g/mol. The number of hydrogen-bond acceptors (Lipinski definition) is 6. The number of unbranched alkanes of at least 4 members (excludes halogenated alkanes) is 1. The second-order valence-electron chi connectivity index (χ2n) is 8.63. The summed E-state index contributed by atoms with van der Waals surface area (Å²) in [6.07, 6.45) is 4.27. The van der Waals surface area contributed by atoms with Gasteiger partial charge < -0.3 is 14.8 Å². The average Bonchev–Trinajstić information content (AvgIpc) is 2.69. The third kappa shape index (κ3) is 8.55. The summed E-state index contributed by atoms with van der Waals surface area (Å²) in [6, 6.07) is 4.03. The second kappa shape index (κ2) is 11.7. The van der Waals surface area contributed by atoms with Crippen LogP contribution in [-0.4, -0.2) is 48.3 Å². The molecule has 0 radical (unpaired) electrons. The van der Waals surface area contributed by atoms with Crippen LogP contribution >= 0.6 is 0 Å². The fourth-order valence-corrected chi connectivity index (χ4v) is 3.33. The van der Waals surface area contributed by atoms with Crippen LogP contribution < -0.4 is 10.2 Å². The van der Waals surface area contributed by atoms with Crippen molar-refractivity contribution in [2.45, 2.75) is 78.2 Å². The van der Waals surface area contributed by atoms with Crippen LogP contribution in [-0.2, 0) is 31.9 Å². The number of nitrogens with zero attached hydrogens (tertiary/aromatic N) is 2. The van der Waals surface area contributed by atoms with E-state index >= 15 is 0 Å². The summed E-state index contributed by atoms with van der Waals surface area (Å²) < 4.78 is 10.4. The van der Waals surface area contributed by atoms with E-state index in [9.17, 15) is 14.4 Å². The van der Waals surface area contributed by atoms with Gasteiger partial charge in [-0.3, -0.25) is 14.5 Å². The molecule has 1 N–H and O–H groups in total. The molecule has 2 rings (SSSR count). The molecule has 8 nitrogen and oxygen atoms in total. The summed E-state index contributed by atoms with van der Waals surface area (Å²) >= 11 is 0. The number of pyridine rings is 1. The molecule has 1 aromatic heterocycles. The van der Waals surface area contributed by atoms with Gasteiger partial charge in [0.2, 0.25) is 5.91 Å². The number of carbonyl (C=O) groups excluding carboxylic acids is 3. The summed E-state index contributed by atoms with van der Waals surface area (Å²) in [5.74, 6) is 0.315. The van der Waals surface area contributed by atoms with Gasteiger partial charge in [0.05, 0.1) is 13.0 Å². The van der Waals surface area contributed by atoms with Gasteiger partial charge in [-0.25, -0.2) is 9.78 Å². The highest BCUT2D eigenvalue weighted by atomic mass is 16.6. The van der Waals surface area contributed by atoms with E-state index in [4.69, 9.17) is 14.5 Å². The SMILES string of the molecule is CCOC(=O)CCNC(=O)CCCCc1ccc2c(n1)N(C(=O)OC(C)(C)C)CCC2. The van der Waals surface area contributed by atoms with Gasteiger partial charge in [-0.05, 0) is 71.4 Å². The van der Waals surface area contributed by atoms with Crippen LogP contribution in [0.4, 0.5) is 10.6 Å². The molecule has 0 aliphatic carbocycles. The highest BCUT2D eigenvalue weighted by molar-refractivity contribution is 5.88. The minimum atomic E-state index is -0.552. The molecule has 31 heavy (non-hydrogen) atoms. The van der Waals surface area contributed by atoms with Crippen molar-refractivity contribution in [2.75, 3.05) is 24.6 Å². The molecule has 172 valence electrons. The maximum absolute atomic E-state index is 12.6. The molecule has 2 amide bonds. The number of carbonyl (C=O) groups is 3. The quantitative estimate of drug-likeness (QED) is 0.472. The topological polar surface area (TPSA) is 97.8 Å². The summed E-state index contributed by atoms with van der Waals surface area (Å²) in [6.45, 7) is 8.56. The van der Waals surface area contributed by atoms with Crippen molar-refractivity contribution in [2.24, 2.45) is 0 Å². The lowest BCUT2D eigenvalue weighted by atomic mass is 10.0. The van der Waals surface area contributed by atoms with E-state index < -0.39 is 5.60 Å². The molecule has 0 fully saturated rings. The third-order valence-corrected chi connectivity index (χ3v) is 4.75. The zero-order chi connectivity index (χ0) is 22.9. The van der Waals surface area contributed by atoms with Crippen molar-refractivity contribution in [1.29, 1.82) is 0 Å². The smallest absolute Gasteiger partial charge is 0.416 e. The first-order valence-corrected chi connectivity index (χ1v) is 11.1. The van der Waals surface area contributed by atoms with E-state index in [0.717, 1.165) is 43.4 Å². The van der Waals surface area contributed by atoms with Crippen molar-refractivity contribution in [3.63, 3.8) is 0 Å². The number of rotatable bonds is 9. The minimum Gasteiger partial charge on any atom is -0.466 e. The van der Waals surface area contributed by atoms with Crippen LogP contribution in [0.5, 0.6) is 0 Å². The predicted octanol–water partition coefficient (Wildman–Crippen LogP) is 3.55. The van der Waals surface area contributed by atoms with E-state index in [1.54, 1.807) is 11.8 Å². The number of hydrogen-bond donors (Lipinski definition) is 1. The molecule has 1 aliphatic rings. The molecule has 0 bridgehead atoms. The first kappa shape index (κ1) is 24.6. The molecule has 1 aliphatic heterocycles. The van der Waals surface area contributed by atoms with Gasteiger partial charge in [0.1, 0.15) is 11.4 Å². The molecular formula is C23H35N3O5. The lowest BCUT2D eigenvalue weighted by Gasteiger charge is -2.31. The first-order valence-electron chi connectivity index (χ1n) is 11.1. The highest BCUT2D eigenvalue weighted by Crippen LogP contribution is 2.27. The Morgan fingerprint density at radius 1 is 1.16 bits per heavy atom. The molecule has 0 atom stereocenters. The normalized spacial score (nSPS) is 13.4. The van der Waals surface area contributed by atoms with E-state index in [1.807, 2.05) is 32.9 Å². The van der Waals surface area contributed by atoms with Gasteiger partial charge in [-0.2, -0.15) is 0 Å². The Morgan fingerprint density at radius 2 is 1.94 bits per heavy atom. The van der Waals surface area contributed by atoms with Gasteiger partial charge in [-0.1, -0.05) is 6.07 Å². The van der Waals surface area contributed by atoms with Crippen molar-refractivity contribution in [1.82, 2.24) is 10.3 Å². The lowest BCUT2D eigenvalue weighted by molar-refractivity contribution is -0.143. The maximum Gasteiger partial charge on any atom is 0.416 e. The second-order valence-corrected chi connectivity index (χ2v) is 8.63. The van der Waals surface area contributed by atoms with Crippen LogP contribution in [0, 0.1) is 0 Å². The first-order chi connectivity index (χ1) is 14.7. The molecule has 2 heterocycles. The Morgan fingerprint density at radius 3 is 2.65 bits per heavy atom. The Balaban J connectivity index is 1.81. The molecular weight excluding hydrogens is 398 g/mol. The zero-order valence-corrected chi connectivity index (χ0v) is 19.2. The van der Waals surface area contributed by atoms with E-state index in [0.29, 0.717) is 31.9 Å². The molecule has 0 saturated heterocycles. The number of aryl methyl sites for hydroxylation is 2. The summed E-state index contributed by atoms with van der Waals surface area (Å²) in [5, 5.41) is 2.73. The number of esters is 1. The van der Waals surface area contributed by atoms with Crippen LogP contribution in [0.1, 0.15) is 71.1 Å². The van der Waals surface area contributed by atoms with E-state index in [2.05, 4.69) is 5.32 Å². The monoisotopic (exact) mass is 433 g/mol. The Bertz CT molecular complexity index is 773. The Hall–Kier alpha value is -2.64. The van der Waals surface area contributed by atoms with Crippen molar-refractivity contribution in [3.05, 3.63) is 23.4 Å². The minimum absolute atomic E-state index is 0.0706. The lowest BCUT2D eigenvalue weighted by Crippen LogP contribution is -2.40. The molecule has 0 spiro atoms. The fourth-order valence-electron chi connectivity index (χ4n) is 3.33. The molecule has 0 saturated carbocycles. The highest BCUT2D eigenvalue weighted by Gasteiger charge is 2.28. The largest absolute Gasteiger partial charge is 0.466 e. The van der Waals surface area contributed by atoms with Gasteiger partial charge in [-0.15, -0.1) is 0 Å². The van der Waals surface area contributed by atoms with Gasteiger partial charge >= 0.3 is 12.1 Å². The molecule has 8 heteroatoms. The van der Waals surface area contributed by atoms with E-state index in [-0.39, 0.29) is 24.4 Å². The van der Waals surface area contributed by atoms with Crippen LogP contribution in [0.2, 0.25) is 0 Å². The summed E-state index contributed by atoms with van der Waals surface area (Å²) in [4.78, 5) is 42.1. The number of amides is 2. The summed E-state index contributed by atoms with van der Waals surface area (Å²) in [7, 11) is 0. The zero-order valence-electron chi connectivity index (χ0n) is 19.2. The standard InChI is InChI=1S/C23H35N3O5/c1-5-30-20(28)14-15-24-19(27)11-7-6-10-18-13-12-17-9-8-16-26(21(17)25-18)22(29)31-23(2,3)4/h12-13H,5-11,14-16H2,1-4H3,(H,24,27). The molecule has 1 aromatic rings. The fraction of sp³-hybridized carbons (Fsp3) is 0.652. The van der Waals surface area contributed by atoms with Crippen molar-refractivity contribution < 1.29 is 23.9 Å². The number of aromatic nitrogens is 1. The Kier molecular flexibility index (Phi) is 9.27. The van der Waals surface area contributed by atoms with Gasteiger partial charge in [0.25, 0.3) is 0 Å². The van der Waals surface area contributed by atoms with Crippen LogP contribution in [0.15, 0.2) is 12.1 Å². The molecule has 0 aromatic carbocycles. The van der Waals surface area contributed by atoms with Gasteiger partial charge in [0.15, 0.2) is 0 Å².